The average Bonchev–Trinajstić information content (AvgIpc) is 2.67. The van der Waals surface area contributed by atoms with Crippen molar-refractivity contribution in [1.29, 1.82) is 0 Å². The number of anilines is 1. The van der Waals surface area contributed by atoms with Crippen LogP contribution in [0.2, 0.25) is 0 Å². The highest BCUT2D eigenvalue weighted by Crippen LogP contribution is 2.15. The van der Waals surface area contributed by atoms with Crippen molar-refractivity contribution in [3.05, 3.63) is 76.6 Å². The van der Waals surface area contributed by atoms with Crippen LogP contribution in [0.25, 0.3) is 10.9 Å². The van der Waals surface area contributed by atoms with Gasteiger partial charge in [-0.25, -0.2) is 8.42 Å². The molecule has 1 heterocycles. The Balaban J connectivity index is 1.62. The third-order valence-electron chi connectivity index (χ3n) is 4.52. The van der Waals surface area contributed by atoms with Crippen molar-refractivity contribution >= 4 is 32.4 Å². The van der Waals surface area contributed by atoms with Crippen LogP contribution in [0.15, 0.2) is 65.5 Å². The first-order valence-electron chi connectivity index (χ1n) is 9.17. The molecular weight excluding hydrogens is 390 g/mol. The number of hydrogen-bond acceptors (Lipinski definition) is 5. The maximum atomic E-state index is 12.4. The quantitative estimate of drug-likeness (QED) is 0.553. The van der Waals surface area contributed by atoms with E-state index in [2.05, 4.69) is 10.0 Å². The summed E-state index contributed by atoms with van der Waals surface area (Å²) >= 11 is 0. The van der Waals surface area contributed by atoms with Gasteiger partial charge in [0.1, 0.15) is 0 Å². The molecular formula is C21H23N3O4S. The molecule has 0 amide bonds. The molecule has 7 nitrogen and oxygen atoms in total. The fraction of sp³-hybridized carbons (Fsp3) is 0.238. The van der Waals surface area contributed by atoms with E-state index in [0.717, 1.165) is 17.2 Å². The molecule has 1 aromatic heterocycles. The van der Waals surface area contributed by atoms with Crippen molar-refractivity contribution in [2.24, 2.45) is 0 Å². The van der Waals surface area contributed by atoms with Crippen LogP contribution < -0.4 is 15.6 Å². The van der Waals surface area contributed by atoms with E-state index in [1.807, 2.05) is 31.2 Å². The van der Waals surface area contributed by atoms with E-state index in [1.54, 1.807) is 41.0 Å². The number of para-hydroxylation sites is 1. The lowest BCUT2D eigenvalue weighted by Gasteiger charge is -2.18. The minimum Gasteiger partial charge on any atom is -0.308 e. The Bertz CT molecular complexity index is 1180. The van der Waals surface area contributed by atoms with Gasteiger partial charge < -0.3 is 9.88 Å². The number of hydrogen-bond donors (Lipinski definition) is 2. The molecule has 1 atom stereocenters. The van der Waals surface area contributed by atoms with Crippen LogP contribution in [0.5, 0.6) is 0 Å². The monoisotopic (exact) mass is 413 g/mol. The molecule has 0 fully saturated rings. The number of aromatic nitrogens is 1. The Labute approximate surface area is 169 Å². The van der Waals surface area contributed by atoms with Crippen molar-refractivity contribution in [2.45, 2.75) is 13.0 Å². The lowest BCUT2D eigenvalue weighted by atomic mass is 10.1. The topological polar surface area (TPSA) is 97.3 Å². The number of carbonyl (C=O) groups excluding carboxylic acids is 1. The largest absolute Gasteiger partial charge is 0.308 e. The standard InChI is InChI=1S/C21H23N3O4S/c1-15(24-19-6-4-3-5-16(19)9-12-21(24)26)13-22-14-20(25)17-7-10-18(11-8-17)23-29(2,27)28/h3-12,15,22-23H,13-14H2,1-2H3. The summed E-state index contributed by atoms with van der Waals surface area (Å²) < 4.78 is 26.5. The zero-order valence-corrected chi connectivity index (χ0v) is 17.1. The number of ketones is 1. The Morgan fingerprint density at radius 2 is 1.72 bits per heavy atom. The van der Waals surface area contributed by atoms with Crippen LogP contribution in [0.3, 0.4) is 0 Å². The maximum Gasteiger partial charge on any atom is 0.251 e. The zero-order chi connectivity index (χ0) is 21.0. The molecule has 2 aromatic carbocycles. The molecule has 0 saturated carbocycles. The van der Waals surface area contributed by atoms with Gasteiger partial charge in [0, 0.05) is 29.9 Å². The molecule has 0 bridgehead atoms. The van der Waals surface area contributed by atoms with Gasteiger partial charge in [-0.05, 0) is 48.7 Å². The van der Waals surface area contributed by atoms with Gasteiger partial charge in [0.2, 0.25) is 10.0 Å². The number of rotatable bonds is 8. The first-order valence-corrected chi connectivity index (χ1v) is 11.1. The Morgan fingerprint density at radius 3 is 2.41 bits per heavy atom. The van der Waals surface area contributed by atoms with Crippen LogP contribution in [0.1, 0.15) is 23.3 Å². The zero-order valence-electron chi connectivity index (χ0n) is 16.3. The van der Waals surface area contributed by atoms with Gasteiger partial charge in [-0.15, -0.1) is 0 Å². The Hall–Kier alpha value is -2.97. The molecule has 0 spiro atoms. The molecule has 0 aliphatic rings. The predicted molar refractivity (Wildman–Crippen MR) is 115 cm³/mol. The molecule has 152 valence electrons. The van der Waals surface area contributed by atoms with Crippen molar-refractivity contribution in [1.82, 2.24) is 9.88 Å². The van der Waals surface area contributed by atoms with Gasteiger partial charge in [-0.1, -0.05) is 18.2 Å². The van der Waals surface area contributed by atoms with E-state index in [4.69, 9.17) is 0 Å². The number of pyridine rings is 1. The third kappa shape index (κ3) is 5.30. The van der Waals surface area contributed by atoms with Crippen LogP contribution >= 0.6 is 0 Å². The van der Waals surface area contributed by atoms with Gasteiger partial charge in [0.15, 0.2) is 5.78 Å². The molecule has 8 heteroatoms. The van der Waals surface area contributed by atoms with E-state index in [1.165, 1.54) is 0 Å². The molecule has 29 heavy (non-hydrogen) atoms. The third-order valence-corrected chi connectivity index (χ3v) is 5.12. The fourth-order valence-electron chi connectivity index (χ4n) is 3.19. The number of carbonyl (C=O) groups is 1. The Morgan fingerprint density at radius 1 is 1.03 bits per heavy atom. The summed E-state index contributed by atoms with van der Waals surface area (Å²) in [5, 5.41) is 4.09. The number of nitrogens with one attached hydrogen (secondary N) is 2. The predicted octanol–water partition coefficient (Wildman–Crippen LogP) is 2.41. The van der Waals surface area contributed by atoms with Crippen LogP contribution in [0, 0.1) is 0 Å². The van der Waals surface area contributed by atoms with Gasteiger partial charge >= 0.3 is 0 Å². The van der Waals surface area contributed by atoms with Gasteiger partial charge in [0.05, 0.1) is 18.3 Å². The highest BCUT2D eigenvalue weighted by Gasteiger charge is 2.12. The summed E-state index contributed by atoms with van der Waals surface area (Å²) in [6, 6.07) is 17.2. The molecule has 0 saturated heterocycles. The Kier molecular flexibility index (Phi) is 6.14. The smallest absolute Gasteiger partial charge is 0.251 e. The fourth-order valence-corrected chi connectivity index (χ4v) is 3.75. The normalized spacial score (nSPS) is 12.6. The summed E-state index contributed by atoms with van der Waals surface area (Å²) in [4.78, 5) is 24.7. The number of fused-ring (bicyclic) bond motifs is 1. The average molecular weight is 413 g/mol. The second-order valence-electron chi connectivity index (χ2n) is 6.96. The second-order valence-corrected chi connectivity index (χ2v) is 8.70. The lowest BCUT2D eigenvalue weighted by molar-refractivity contribution is 0.0990. The van der Waals surface area contributed by atoms with Crippen LogP contribution in [-0.2, 0) is 10.0 Å². The SMILES string of the molecule is CC(CNCC(=O)c1ccc(NS(C)(=O)=O)cc1)n1c(=O)ccc2ccccc21. The van der Waals surface area contributed by atoms with E-state index in [9.17, 15) is 18.0 Å². The summed E-state index contributed by atoms with van der Waals surface area (Å²) in [5.74, 6) is -0.117. The van der Waals surface area contributed by atoms with Gasteiger partial charge in [0.25, 0.3) is 5.56 Å². The minimum absolute atomic E-state index is 0.0849. The molecule has 1 unspecified atom stereocenters. The van der Waals surface area contributed by atoms with Crippen LogP contribution in [-0.4, -0.2) is 38.1 Å². The van der Waals surface area contributed by atoms with Crippen molar-refractivity contribution in [3.63, 3.8) is 0 Å². The first-order chi connectivity index (χ1) is 13.7. The maximum absolute atomic E-state index is 12.4. The summed E-state index contributed by atoms with van der Waals surface area (Å²) in [5.41, 5.74) is 1.65. The van der Waals surface area contributed by atoms with Gasteiger partial charge in [-0.3, -0.25) is 14.3 Å². The lowest BCUT2D eigenvalue weighted by Crippen LogP contribution is -2.33. The van der Waals surface area contributed by atoms with E-state index >= 15 is 0 Å². The highest BCUT2D eigenvalue weighted by atomic mass is 32.2. The van der Waals surface area contributed by atoms with E-state index in [-0.39, 0.29) is 23.9 Å². The second kappa shape index (κ2) is 8.59. The molecule has 3 aromatic rings. The number of sulfonamides is 1. The highest BCUT2D eigenvalue weighted by molar-refractivity contribution is 7.92. The minimum atomic E-state index is -3.35. The molecule has 0 aliphatic heterocycles. The number of Topliss-reactive ketones (excluding diaryl/α,β-unsaturated/α-hetero) is 1. The molecule has 2 N–H and O–H groups in total. The van der Waals surface area contributed by atoms with Crippen molar-refractivity contribution in [3.8, 4) is 0 Å². The summed E-state index contributed by atoms with van der Waals surface area (Å²) in [7, 11) is -3.35. The van der Waals surface area contributed by atoms with E-state index in [0.29, 0.717) is 17.8 Å². The molecule has 0 aliphatic carbocycles. The van der Waals surface area contributed by atoms with Crippen molar-refractivity contribution in [2.75, 3.05) is 24.1 Å². The summed E-state index contributed by atoms with van der Waals surface area (Å²) in [6.45, 7) is 2.49. The van der Waals surface area contributed by atoms with E-state index < -0.39 is 10.0 Å². The van der Waals surface area contributed by atoms with Crippen molar-refractivity contribution < 1.29 is 13.2 Å². The van der Waals surface area contributed by atoms with Gasteiger partial charge in [-0.2, -0.15) is 0 Å². The van der Waals surface area contributed by atoms with Crippen LogP contribution in [0.4, 0.5) is 5.69 Å². The first kappa shape index (κ1) is 20.8. The number of benzene rings is 2. The molecule has 0 radical (unpaired) electrons. The molecule has 3 rings (SSSR count). The summed E-state index contributed by atoms with van der Waals surface area (Å²) in [6.07, 6.45) is 1.07. The number of nitrogens with zero attached hydrogens (tertiary/aromatic N) is 1.